The summed E-state index contributed by atoms with van der Waals surface area (Å²) in [5.74, 6) is -1.78. The normalized spacial score (nSPS) is 19.1. The van der Waals surface area contributed by atoms with Crippen molar-refractivity contribution in [1.82, 2.24) is 0 Å². The van der Waals surface area contributed by atoms with E-state index in [0.717, 1.165) is 12.5 Å². The van der Waals surface area contributed by atoms with Crippen molar-refractivity contribution in [1.29, 1.82) is 0 Å². The van der Waals surface area contributed by atoms with E-state index in [9.17, 15) is 8.78 Å². The summed E-state index contributed by atoms with van der Waals surface area (Å²) in [6.45, 7) is 0. The number of hydrogen-bond acceptors (Lipinski definition) is 2. The molecule has 0 atom stereocenters. The van der Waals surface area contributed by atoms with Gasteiger partial charge in [0, 0.05) is 16.8 Å². The fraction of sp³-hybridized carbons (Fsp3) is 0.400. The molecule has 1 aliphatic carbocycles. The molecule has 14 heavy (non-hydrogen) atoms. The molecule has 4 heteroatoms. The molecule has 1 fully saturated rings. The van der Waals surface area contributed by atoms with Crippen LogP contribution in [-0.4, -0.2) is 0 Å². The minimum Gasteiger partial charge on any atom is -0.399 e. The average molecular weight is 198 g/mol. The van der Waals surface area contributed by atoms with E-state index in [1.165, 1.54) is 6.07 Å². The van der Waals surface area contributed by atoms with Crippen LogP contribution in [0.25, 0.3) is 0 Å². The highest BCUT2D eigenvalue weighted by Crippen LogP contribution is 2.40. The summed E-state index contributed by atoms with van der Waals surface area (Å²) < 4.78 is 26.4. The summed E-state index contributed by atoms with van der Waals surface area (Å²) >= 11 is 0. The van der Waals surface area contributed by atoms with Gasteiger partial charge in [0.05, 0.1) is 0 Å². The molecule has 0 amide bonds. The van der Waals surface area contributed by atoms with Crippen molar-refractivity contribution in [3.8, 4) is 0 Å². The Balaban J connectivity index is 2.51. The van der Waals surface area contributed by atoms with Gasteiger partial charge in [-0.3, -0.25) is 0 Å². The van der Waals surface area contributed by atoms with E-state index < -0.39 is 17.2 Å². The fourth-order valence-corrected chi connectivity index (χ4v) is 1.80. The van der Waals surface area contributed by atoms with Gasteiger partial charge in [0.2, 0.25) is 0 Å². The van der Waals surface area contributed by atoms with Crippen LogP contribution in [0.3, 0.4) is 0 Å². The average Bonchev–Trinajstić information content (AvgIpc) is 2.07. The zero-order chi connectivity index (χ0) is 10.3. The van der Waals surface area contributed by atoms with Crippen molar-refractivity contribution < 1.29 is 8.78 Å². The Morgan fingerprint density at radius 3 is 2.36 bits per heavy atom. The molecule has 0 radical (unpaired) electrons. The second-order valence-corrected chi connectivity index (χ2v) is 3.87. The van der Waals surface area contributed by atoms with Crippen LogP contribution in [0.2, 0.25) is 0 Å². The molecular formula is C10H12F2N2. The maximum absolute atomic E-state index is 13.4. The number of hydrogen-bond donors (Lipinski definition) is 2. The molecule has 76 valence electrons. The van der Waals surface area contributed by atoms with Gasteiger partial charge in [-0.2, -0.15) is 0 Å². The van der Waals surface area contributed by atoms with E-state index in [0.29, 0.717) is 12.8 Å². The number of halogens is 2. The quantitative estimate of drug-likeness (QED) is 0.677. The molecule has 2 rings (SSSR count). The molecule has 0 unspecified atom stereocenters. The predicted octanol–water partition coefficient (Wildman–Crippen LogP) is 1.88. The van der Waals surface area contributed by atoms with Crippen LogP contribution >= 0.6 is 0 Å². The molecule has 2 nitrogen and oxygen atoms in total. The summed E-state index contributed by atoms with van der Waals surface area (Å²) in [5.41, 5.74) is 11.1. The second kappa shape index (κ2) is 2.92. The van der Waals surface area contributed by atoms with Crippen molar-refractivity contribution in [2.75, 3.05) is 5.73 Å². The van der Waals surface area contributed by atoms with Gasteiger partial charge in [-0.1, -0.05) is 0 Å². The molecule has 0 saturated heterocycles. The van der Waals surface area contributed by atoms with Gasteiger partial charge in [-0.15, -0.1) is 0 Å². The maximum atomic E-state index is 13.4. The first kappa shape index (κ1) is 9.40. The number of anilines is 1. The van der Waals surface area contributed by atoms with Gasteiger partial charge in [-0.25, -0.2) is 8.78 Å². The Bertz CT molecular complexity index is 373. The van der Waals surface area contributed by atoms with Gasteiger partial charge >= 0.3 is 0 Å². The third-order valence-corrected chi connectivity index (χ3v) is 2.83. The lowest BCUT2D eigenvalue weighted by Crippen LogP contribution is -2.44. The van der Waals surface area contributed by atoms with Crippen LogP contribution in [-0.2, 0) is 5.54 Å². The zero-order valence-corrected chi connectivity index (χ0v) is 7.69. The SMILES string of the molecule is Nc1cc(F)c(F)c(C2(N)CCC2)c1. The lowest BCUT2D eigenvalue weighted by Gasteiger charge is -2.38. The Labute approximate surface area is 80.9 Å². The first-order valence-corrected chi connectivity index (χ1v) is 4.57. The Morgan fingerprint density at radius 2 is 1.86 bits per heavy atom. The monoisotopic (exact) mass is 198 g/mol. The molecular weight excluding hydrogens is 186 g/mol. The van der Waals surface area contributed by atoms with Gasteiger partial charge in [0.25, 0.3) is 0 Å². The molecule has 0 heterocycles. The zero-order valence-electron chi connectivity index (χ0n) is 7.69. The lowest BCUT2D eigenvalue weighted by molar-refractivity contribution is 0.242. The first-order valence-electron chi connectivity index (χ1n) is 4.57. The predicted molar refractivity (Wildman–Crippen MR) is 50.5 cm³/mol. The molecule has 1 saturated carbocycles. The fourth-order valence-electron chi connectivity index (χ4n) is 1.80. The van der Waals surface area contributed by atoms with Gasteiger partial charge < -0.3 is 11.5 Å². The van der Waals surface area contributed by atoms with Crippen molar-refractivity contribution in [3.05, 3.63) is 29.3 Å². The molecule has 0 bridgehead atoms. The van der Waals surface area contributed by atoms with Crippen LogP contribution in [0, 0.1) is 11.6 Å². The van der Waals surface area contributed by atoms with E-state index in [-0.39, 0.29) is 11.3 Å². The molecule has 1 aromatic rings. The summed E-state index contributed by atoms with van der Waals surface area (Å²) in [6, 6.07) is 2.40. The van der Waals surface area contributed by atoms with Crippen molar-refractivity contribution >= 4 is 5.69 Å². The number of benzene rings is 1. The van der Waals surface area contributed by atoms with Crippen LogP contribution in [0.4, 0.5) is 14.5 Å². The van der Waals surface area contributed by atoms with Gasteiger partial charge in [0.1, 0.15) is 0 Å². The molecule has 4 N–H and O–H groups in total. The molecule has 1 aliphatic rings. The standard InChI is InChI=1S/C10H12F2N2/c11-8-5-6(13)4-7(9(8)12)10(14)2-1-3-10/h4-5H,1-3,13-14H2. The van der Waals surface area contributed by atoms with Crippen molar-refractivity contribution in [3.63, 3.8) is 0 Å². The van der Waals surface area contributed by atoms with E-state index in [1.54, 1.807) is 0 Å². The van der Waals surface area contributed by atoms with Gasteiger partial charge in [-0.05, 0) is 31.4 Å². The lowest BCUT2D eigenvalue weighted by atomic mass is 9.72. The Hall–Kier alpha value is -1.16. The highest BCUT2D eigenvalue weighted by molar-refractivity contribution is 5.45. The molecule has 0 aromatic heterocycles. The second-order valence-electron chi connectivity index (χ2n) is 3.87. The van der Waals surface area contributed by atoms with E-state index >= 15 is 0 Å². The van der Waals surface area contributed by atoms with Crippen molar-refractivity contribution in [2.24, 2.45) is 5.73 Å². The Morgan fingerprint density at radius 1 is 1.21 bits per heavy atom. The number of nitrogen functional groups attached to an aromatic ring is 1. The largest absolute Gasteiger partial charge is 0.399 e. The minimum atomic E-state index is -0.920. The van der Waals surface area contributed by atoms with E-state index in [4.69, 9.17) is 11.5 Å². The van der Waals surface area contributed by atoms with Crippen molar-refractivity contribution in [2.45, 2.75) is 24.8 Å². The van der Waals surface area contributed by atoms with Crippen LogP contribution in [0.5, 0.6) is 0 Å². The summed E-state index contributed by atoms with van der Waals surface area (Å²) in [4.78, 5) is 0. The van der Waals surface area contributed by atoms with E-state index in [1.807, 2.05) is 0 Å². The third-order valence-electron chi connectivity index (χ3n) is 2.83. The molecule has 0 spiro atoms. The number of nitrogens with two attached hydrogens (primary N) is 2. The highest BCUT2D eigenvalue weighted by Gasteiger charge is 2.37. The van der Waals surface area contributed by atoms with E-state index in [2.05, 4.69) is 0 Å². The summed E-state index contributed by atoms with van der Waals surface area (Å²) in [7, 11) is 0. The Kier molecular flexibility index (Phi) is 1.96. The maximum Gasteiger partial charge on any atom is 0.164 e. The topological polar surface area (TPSA) is 52.0 Å². The smallest absolute Gasteiger partial charge is 0.164 e. The van der Waals surface area contributed by atoms with Gasteiger partial charge in [0.15, 0.2) is 11.6 Å². The number of rotatable bonds is 1. The molecule has 1 aromatic carbocycles. The highest BCUT2D eigenvalue weighted by atomic mass is 19.2. The van der Waals surface area contributed by atoms with Crippen LogP contribution < -0.4 is 11.5 Å². The minimum absolute atomic E-state index is 0.209. The first-order chi connectivity index (χ1) is 6.53. The van der Waals surface area contributed by atoms with Crippen LogP contribution in [0.15, 0.2) is 12.1 Å². The van der Waals surface area contributed by atoms with Crippen LogP contribution in [0.1, 0.15) is 24.8 Å². The summed E-state index contributed by atoms with van der Waals surface area (Å²) in [6.07, 6.45) is 2.33. The third kappa shape index (κ3) is 1.26. The molecule has 0 aliphatic heterocycles. The summed E-state index contributed by atoms with van der Waals surface area (Å²) in [5, 5.41) is 0.